The third-order valence-electron chi connectivity index (χ3n) is 3.70. The quantitative estimate of drug-likeness (QED) is 0.726. The summed E-state index contributed by atoms with van der Waals surface area (Å²) in [7, 11) is 0. The molecule has 1 unspecified atom stereocenters. The van der Waals surface area contributed by atoms with Crippen LogP contribution in [0.2, 0.25) is 0 Å². The van der Waals surface area contributed by atoms with Gasteiger partial charge < -0.3 is 14.5 Å². The van der Waals surface area contributed by atoms with Crippen LogP contribution in [-0.2, 0) is 0 Å². The Bertz CT molecular complexity index is 820. The van der Waals surface area contributed by atoms with E-state index in [4.69, 9.17) is 14.5 Å². The Morgan fingerprint density at radius 1 is 1.10 bits per heavy atom. The molecule has 1 aliphatic heterocycles. The molecule has 0 amide bonds. The molecule has 0 saturated heterocycles. The fraction of sp³-hybridized carbons (Fsp3) is 0.312. The molecule has 2 aromatic carbocycles. The second-order valence-corrected chi connectivity index (χ2v) is 5.51. The number of nitrogens with one attached hydrogen (secondary N) is 1. The highest BCUT2D eigenvalue weighted by Gasteiger charge is 2.28. The zero-order valence-corrected chi connectivity index (χ0v) is 11.7. The third-order valence-corrected chi connectivity index (χ3v) is 3.70. The summed E-state index contributed by atoms with van der Waals surface area (Å²) >= 11 is 0. The van der Waals surface area contributed by atoms with Gasteiger partial charge in [0.25, 0.3) is 0 Å². The monoisotopic (exact) mass is 268 g/mol. The van der Waals surface area contributed by atoms with Gasteiger partial charge in [0.2, 0.25) is 6.29 Å². The van der Waals surface area contributed by atoms with E-state index in [0.29, 0.717) is 5.92 Å². The van der Waals surface area contributed by atoms with Gasteiger partial charge in [0.05, 0.1) is 0 Å². The van der Waals surface area contributed by atoms with Gasteiger partial charge in [-0.25, -0.2) is 4.98 Å². The lowest BCUT2D eigenvalue weighted by Crippen LogP contribution is -2.11. The van der Waals surface area contributed by atoms with Crippen molar-refractivity contribution in [1.29, 1.82) is 0 Å². The van der Waals surface area contributed by atoms with E-state index in [9.17, 15) is 0 Å². The van der Waals surface area contributed by atoms with Gasteiger partial charge in [-0.15, -0.1) is 0 Å². The molecule has 1 atom stereocenters. The van der Waals surface area contributed by atoms with Crippen LogP contribution >= 0.6 is 0 Å². The Balaban J connectivity index is 2.17. The zero-order valence-electron chi connectivity index (χ0n) is 11.7. The number of aromatic nitrogens is 2. The number of hydrogen-bond donors (Lipinski definition) is 1. The molecule has 102 valence electrons. The molecule has 4 nitrogen and oxygen atoms in total. The standard InChI is InChI=1S/C16H16N2O2/c1-8(2)16-17-12-10-6-4-5-7-11(10)14-15(13(12)18-16)20-9(3)19-14/h4-9H,1-3H3,(H,17,18). The topological polar surface area (TPSA) is 47.1 Å². The highest BCUT2D eigenvalue weighted by atomic mass is 16.7. The summed E-state index contributed by atoms with van der Waals surface area (Å²) < 4.78 is 11.7. The minimum Gasteiger partial charge on any atom is -0.451 e. The summed E-state index contributed by atoms with van der Waals surface area (Å²) in [5.41, 5.74) is 1.90. The number of hydrogen-bond acceptors (Lipinski definition) is 3. The van der Waals surface area contributed by atoms with E-state index in [1.54, 1.807) is 0 Å². The molecule has 0 spiro atoms. The van der Waals surface area contributed by atoms with Crippen molar-refractivity contribution < 1.29 is 9.47 Å². The number of imidazole rings is 1. The summed E-state index contributed by atoms with van der Waals surface area (Å²) in [6.07, 6.45) is -0.259. The number of ether oxygens (including phenoxy) is 2. The Kier molecular flexibility index (Phi) is 2.25. The van der Waals surface area contributed by atoms with Crippen molar-refractivity contribution in [2.45, 2.75) is 33.0 Å². The van der Waals surface area contributed by atoms with Crippen molar-refractivity contribution in [2.24, 2.45) is 0 Å². The van der Waals surface area contributed by atoms with Crippen LogP contribution in [0, 0.1) is 0 Å². The summed E-state index contributed by atoms with van der Waals surface area (Å²) in [5.74, 6) is 2.92. The number of fused-ring (bicyclic) bond motifs is 6. The first kappa shape index (κ1) is 11.6. The molecular formula is C16H16N2O2. The molecule has 2 heterocycles. The first-order valence-electron chi connectivity index (χ1n) is 6.92. The predicted octanol–water partition coefficient (Wildman–Crippen LogP) is 3.96. The van der Waals surface area contributed by atoms with Crippen molar-refractivity contribution in [3.8, 4) is 11.5 Å². The van der Waals surface area contributed by atoms with Crippen molar-refractivity contribution >= 4 is 21.8 Å². The van der Waals surface area contributed by atoms with E-state index in [0.717, 1.165) is 39.1 Å². The second kappa shape index (κ2) is 3.88. The fourth-order valence-corrected chi connectivity index (χ4v) is 2.73. The van der Waals surface area contributed by atoms with Gasteiger partial charge in [0.1, 0.15) is 16.9 Å². The Morgan fingerprint density at radius 2 is 1.80 bits per heavy atom. The highest BCUT2D eigenvalue weighted by Crippen LogP contribution is 2.46. The van der Waals surface area contributed by atoms with E-state index >= 15 is 0 Å². The van der Waals surface area contributed by atoms with Crippen LogP contribution in [0.5, 0.6) is 11.5 Å². The van der Waals surface area contributed by atoms with Crippen LogP contribution in [0.4, 0.5) is 0 Å². The van der Waals surface area contributed by atoms with Gasteiger partial charge in [-0.2, -0.15) is 0 Å². The molecule has 1 N–H and O–H groups in total. The van der Waals surface area contributed by atoms with E-state index < -0.39 is 0 Å². The van der Waals surface area contributed by atoms with Gasteiger partial charge in [-0.05, 0) is 0 Å². The maximum absolute atomic E-state index is 5.83. The fourth-order valence-electron chi connectivity index (χ4n) is 2.73. The molecule has 1 aromatic heterocycles. The molecule has 1 aliphatic rings. The largest absolute Gasteiger partial charge is 0.451 e. The molecule has 0 aliphatic carbocycles. The van der Waals surface area contributed by atoms with Gasteiger partial charge >= 0.3 is 0 Å². The first-order chi connectivity index (χ1) is 9.65. The van der Waals surface area contributed by atoms with E-state index in [-0.39, 0.29) is 6.29 Å². The third kappa shape index (κ3) is 1.45. The molecule has 4 rings (SSSR count). The molecule has 0 fully saturated rings. The van der Waals surface area contributed by atoms with E-state index in [1.165, 1.54) is 0 Å². The van der Waals surface area contributed by atoms with Crippen LogP contribution < -0.4 is 9.47 Å². The van der Waals surface area contributed by atoms with Crippen LogP contribution in [0.1, 0.15) is 32.5 Å². The van der Waals surface area contributed by atoms with E-state index in [1.807, 2.05) is 19.1 Å². The summed E-state index contributed by atoms with van der Waals surface area (Å²) in [6, 6.07) is 8.17. The van der Waals surface area contributed by atoms with Crippen molar-refractivity contribution in [3.63, 3.8) is 0 Å². The Morgan fingerprint density at radius 3 is 2.55 bits per heavy atom. The zero-order chi connectivity index (χ0) is 13.9. The number of aromatic amines is 1. The average Bonchev–Trinajstić information content (AvgIpc) is 3.02. The molecule has 0 saturated carbocycles. The number of nitrogens with zero attached hydrogens (tertiary/aromatic N) is 1. The van der Waals surface area contributed by atoms with E-state index in [2.05, 4.69) is 31.0 Å². The SMILES string of the molecule is CC1Oc2c(c3[nH]c(C(C)C)nc3c3ccccc23)O1. The maximum atomic E-state index is 5.83. The van der Waals surface area contributed by atoms with Gasteiger partial charge in [0, 0.05) is 23.6 Å². The summed E-state index contributed by atoms with van der Waals surface area (Å²) in [5, 5.41) is 2.16. The molecule has 0 bridgehead atoms. The molecular weight excluding hydrogens is 252 g/mol. The Labute approximate surface area is 116 Å². The maximum Gasteiger partial charge on any atom is 0.238 e. The van der Waals surface area contributed by atoms with Crippen molar-refractivity contribution in [1.82, 2.24) is 9.97 Å². The lowest BCUT2D eigenvalue weighted by atomic mass is 10.1. The van der Waals surface area contributed by atoms with Crippen LogP contribution in [-0.4, -0.2) is 16.3 Å². The molecule has 0 radical (unpaired) electrons. The lowest BCUT2D eigenvalue weighted by molar-refractivity contribution is 0.0692. The lowest BCUT2D eigenvalue weighted by Gasteiger charge is -2.03. The van der Waals surface area contributed by atoms with Crippen LogP contribution in [0.15, 0.2) is 24.3 Å². The number of H-pyrrole nitrogens is 1. The predicted molar refractivity (Wildman–Crippen MR) is 78.4 cm³/mol. The average molecular weight is 268 g/mol. The summed E-state index contributed by atoms with van der Waals surface area (Å²) in [4.78, 5) is 8.14. The van der Waals surface area contributed by atoms with Crippen LogP contribution in [0.3, 0.4) is 0 Å². The summed E-state index contributed by atoms with van der Waals surface area (Å²) in [6.45, 7) is 6.15. The van der Waals surface area contributed by atoms with Crippen LogP contribution in [0.25, 0.3) is 21.8 Å². The number of rotatable bonds is 1. The van der Waals surface area contributed by atoms with Gasteiger partial charge in [-0.3, -0.25) is 0 Å². The molecule has 3 aromatic rings. The smallest absolute Gasteiger partial charge is 0.238 e. The van der Waals surface area contributed by atoms with Gasteiger partial charge in [-0.1, -0.05) is 38.1 Å². The Hall–Kier alpha value is -2.23. The molecule has 20 heavy (non-hydrogen) atoms. The number of benzene rings is 2. The van der Waals surface area contributed by atoms with Gasteiger partial charge in [0.15, 0.2) is 11.5 Å². The van der Waals surface area contributed by atoms with Crippen molar-refractivity contribution in [2.75, 3.05) is 0 Å². The van der Waals surface area contributed by atoms with Crippen molar-refractivity contribution in [3.05, 3.63) is 30.1 Å². The second-order valence-electron chi connectivity index (χ2n) is 5.51. The minimum absolute atomic E-state index is 0.259. The molecule has 4 heteroatoms. The highest BCUT2D eigenvalue weighted by molar-refractivity contribution is 6.11. The normalized spacial score (nSPS) is 17.5. The minimum atomic E-state index is -0.259. The first-order valence-corrected chi connectivity index (χ1v) is 6.92.